The zero-order valence-corrected chi connectivity index (χ0v) is 19.5. The number of aliphatic hydroxyl groups excluding tert-OH is 1. The lowest BCUT2D eigenvalue weighted by Crippen LogP contribution is -2.33. The number of β-amino-alcohol motifs (C(OH)–C–C–N with tert-alkyl or cyclic N) is 1. The van der Waals surface area contributed by atoms with E-state index in [4.69, 9.17) is 4.98 Å². The van der Waals surface area contributed by atoms with Crippen LogP contribution >= 0.6 is 11.8 Å². The van der Waals surface area contributed by atoms with Gasteiger partial charge < -0.3 is 10.0 Å². The van der Waals surface area contributed by atoms with Crippen molar-refractivity contribution >= 4 is 28.6 Å². The third-order valence-corrected chi connectivity index (χ3v) is 7.18. The van der Waals surface area contributed by atoms with Crippen LogP contribution in [0.25, 0.3) is 10.9 Å². The van der Waals surface area contributed by atoms with Gasteiger partial charge in [0, 0.05) is 19.6 Å². The molecule has 7 heteroatoms. The van der Waals surface area contributed by atoms with E-state index in [1.165, 1.54) is 11.8 Å². The largest absolute Gasteiger partial charge is 0.391 e. The molecule has 0 bridgehead atoms. The first-order chi connectivity index (χ1) is 15.4. The average molecular weight is 452 g/mol. The van der Waals surface area contributed by atoms with Crippen LogP contribution in [0.4, 0.5) is 0 Å². The van der Waals surface area contributed by atoms with Crippen molar-refractivity contribution in [3.8, 4) is 0 Å². The Balaban J connectivity index is 1.77. The van der Waals surface area contributed by atoms with Crippen LogP contribution in [0.15, 0.2) is 58.5 Å². The van der Waals surface area contributed by atoms with Crippen molar-refractivity contribution in [3.05, 3.63) is 70.0 Å². The molecule has 2 aromatic carbocycles. The molecular weight excluding hydrogens is 422 g/mol. The minimum atomic E-state index is -0.543. The number of fused-ring (bicyclic) bond motifs is 1. The Morgan fingerprint density at radius 2 is 1.94 bits per heavy atom. The lowest BCUT2D eigenvalue weighted by molar-refractivity contribution is -0.130. The second kappa shape index (κ2) is 9.46. The molecule has 1 aromatic heterocycles. The van der Waals surface area contributed by atoms with Crippen LogP contribution in [0.5, 0.6) is 0 Å². The Labute approximate surface area is 192 Å². The van der Waals surface area contributed by atoms with Gasteiger partial charge in [0.05, 0.1) is 17.0 Å². The molecule has 1 fully saturated rings. The number of hydrogen-bond acceptors (Lipinski definition) is 5. The fraction of sp³-hybridized carbons (Fsp3) is 0.400. The highest BCUT2D eigenvalue weighted by Gasteiger charge is 2.32. The van der Waals surface area contributed by atoms with Crippen molar-refractivity contribution in [2.45, 2.75) is 56.2 Å². The lowest BCUT2D eigenvalue weighted by atomic mass is 10.0. The average Bonchev–Trinajstić information content (AvgIpc) is 3.23. The quantitative estimate of drug-likeness (QED) is 0.453. The van der Waals surface area contributed by atoms with Gasteiger partial charge in [-0.25, -0.2) is 4.98 Å². The van der Waals surface area contributed by atoms with Gasteiger partial charge in [-0.1, -0.05) is 62.0 Å². The standard InChI is InChI=1S/C25H29N3O3S/c1-4-28-23(30)20-14-18(16(2)3)10-11-21(20)26-25(28)32-22(17-8-6-5-7-9-17)24(31)27-13-12-19(29)15-27/h5-11,14,16,19,22,29H,4,12-13,15H2,1-3H3. The monoisotopic (exact) mass is 451 g/mol. The maximum Gasteiger partial charge on any atom is 0.262 e. The van der Waals surface area contributed by atoms with E-state index in [0.717, 1.165) is 11.1 Å². The minimum Gasteiger partial charge on any atom is -0.391 e. The summed E-state index contributed by atoms with van der Waals surface area (Å²) < 4.78 is 1.65. The van der Waals surface area contributed by atoms with Crippen molar-refractivity contribution in [1.29, 1.82) is 0 Å². The maximum absolute atomic E-state index is 13.4. The fourth-order valence-electron chi connectivity index (χ4n) is 4.05. The Bertz CT molecular complexity index is 1180. The van der Waals surface area contributed by atoms with Crippen LogP contribution < -0.4 is 5.56 Å². The molecule has 6 nitrogen and oxygen atoms in total. The van der Waals surface area contributed by atoms with Crippen molar-refractivity contribution in [3.63, 3.8) is 0 Å². The van der Waals surface area contributed by atoms with E-state index in [9.17, 15) is 14.7 Å². The van der Waals surface area contributed by atoms with Gasteiger partial charge in [-0.05, 0) is 42.5 Å². The topological polar surface area (TPSA) is 75.4 Å². The van der Waals surface area contributed by atoms with Crippen LogP contribution in [0, 0.1) is 0 Å². The first-order valence-electron chi connectivity index (χ1n) is 11.1. The van der Waals surface area contributed by atoms with Crippen LogP contribution in [0.3, 0.4) is 0 Å². The van der Waals surface area contributed by atoms with Crippen molar-refractivity contribution in [2.75, 3.05) is 13.1 Å². The number of rotatable bonds is 6. The summed E-state index contributed by atoms with van der Waals surface area (Å²) in [5, 5.41) is 10.5. The molecule has 1 N–H and O–H groups in total. The summed E-state index contributed by atoms with van der Waals surface area (Å²) in [6.07, 6.45) is 0.104. The number of hydrogen-bond donors (Lipinski definition) is 1. The molecule has 0 saturated carbocycles. The number of thioether (sulfide) groups is 1. The summed E-state index contributed by atoms with van der Waals surface area (Å²) in [4.78, 5) is 33.3. The van der Waals surface area contributed by atoms with Gasteiger partial charge in [-0.15, -0.1) is 0 Å². The van der Waals surface area contributed by atoms with Crippen LogP contribution in [0.2, 0.25) is 0 Å². The Morgan fingerprint density at radius 3 is 2.56 bits per heavy atom. The van der Waals surface area contributed by atoms with Crippen molar-refractivity contribution in [2.24, 2.45) is 0 Å². The zero-order chi connectivity index (χ0) is 22.8. The molecule has 168 valence electrons. The number of likely N-dealkylation sites (tertiary alicyclic amines) is 1. The molecular formula is C25H29N3O3S. The predicted octanol–water partition coefficient (Wildman–Crippen LogP) is 3.97. The van der Waals surface area contributed by atoms with Gasteiger partial charge in [0.1, 0.15) is 5.25 Å². The molecule has 2 atom stereocenters. The van der Waals surface area contributed by atoms with Crippen LogP contribution in [0.1, 0.15) is 49.5 Å². The minimum absolute atomic E-state index is 0.0649. The number of aliphatic hydroxyl groups is 1. The molecule has 0 radical (unpaired) electrons. The molecule has 0 aliphatic carbocycles. The van der Waals surface area contributed by atoms with Crippen LogP contribution in [-0.2, 0) is 11.3 Å². The Hall–Kier alpha value is -2.64. The number of carbonyl (C=O) groups is 1. The lowest BCUT2D eigenvalue weighted by Gasteiger charge is -2.24. The summed E-state index contributed by atoms with van der Waals surface area (Å²) in [7, 11) is 0. The SMILES string of the molecule is CCn1c(SC(C(=O)N2CCC(O)C2)c2ccccc2)nc2ccc(C(C)C)cc2c1=O. The number of carbonyl (C=O) groups excluding carboxylic acids is 1. The number of aromatic nitrogens is 2. The number of amides is 1. The van der Waals surface area contributed by atoms with Crippen LogP contribution in [-0.4, -0.2) is 44.7 Å². The van der Waals surface area contributed by atoms with Gasteiger partial charge in [-0.2, -0.15) is 0 Å². The molecule has 2 heterocycles. The van der Waals surface area contributed by atoms with Gasteiger partial charge in [-0.3, -0.25) is 14.2 Å². The first kappa shape index (κ1) is 22.6. The second-order valence-corrected chi connectivity index (χ2v) is 9.58. The van der Waals surface area contributed by atoms with Gasteiger partial charge in [0.15, 0.2) is 5.16 Å². The molecule has 1 saturated heterocycles. The highest BCUT2D eigenvalue weighted by molar-refractivity contribution is 8.00. The van der Waals surface area contributed by atoms with Crippen molar-refractivity contribution in [1.82, 2.24) is 14.5 Å². The van der Waals surface area contributed by atoms with Gasteiger partial charge >= 0.3 is 0 Å². The fourth-order valence-corrected chi connectivity index (χ4v) is 5.29. The molecule has 0 spiro atoms. The predicted molar refractivity (Wildman–Crippen MR) is 128 cm³/mol. The molecule has 1 aliphatic heterocycles. The smallest absolute Gasteiger partial charge is 0.262 e. The highest BCUT2D eigenvalue weighted by atomic mass is 32.2. The van der Waals surface area contributed by atoms with Gasteiger partial charge in [0.25, 0.3) is 5.56 Å². The molecule has 4 rings (SSSR count). The highest BCUT2D eigenvalue weighted by Crippen LogP contribution is 2.37. The normalized spacial score (nSPS) is 17.3. The summed E-state index contributed by atoms with van der Waals surface area (Å²) in [6.45, 7) is 7.46. The Kier molecular flexibility index (Phi) is 6.67. The Morgan fingerprint density at radius 1 is 1.19 bits per heavy atom. The molecule has 2 unspecified atom stereocenters. The number of nitrogens with zero attached hydrogens (tertiary/aromatic N) is 3. The molecule has 1 amide bonds. The van der Waals surface area contributed by atoms with Crippen molar-refractivity contribution < 1.29 is 9.90 Å². The number of benzene rings is 2. The second-order valence-electron chi connectivity index (χ2n) is 8.51. The van der Waals surface area contributed by atoms with E-state index in [1.54, 1.807) is 9.47 Å². The maximum atomic E-state index is 13.4. The zero-order valence-electron chi connectivity index (χ0n) is 18.7. The van der Waals surface area contributed by atoms with E-state index in [-0.39, 0.29) is 11.5 Å². The molecule has 1 aliphatic rings. The summed E-state index contributed by atoms with van der Waals surface area (Å²) >= 11 is 1.31. The molecule has 3 aromatic rings. The van der Waals surface area contributed by atoms with E-state index in [0.29, 0.717) is 48.0 Å². The summed E-state index contributed by atoms with van der Waals surface area (Å²) in [5.41, 5.74) is 2.52. The third-order valence-electron chi connectivity index (χ3n) is 5.95. The van der Waals surface area contributed by atoms with Gasteiger partial charge in [0.2, 0.25) is 5.91 Å². The first-order valence-corrected chi connectivity index (χ1v) is 12.0. The van der Waals surface area contributed by atoms with E-state index >= 15 is 0 Å². The van der Waals surface area contributed by atoms with E-state index in [1.807, 2.05) is 55.5 Å². The summed E-state index contributed by atoms with van der Waals surface area (Å²) in [5.74, 6) is 0.253. The third kappa shape index (κ3) is 4.45. The molecule has 32 heavy (non-hydrogen) atoms. The van der Waals surface area contributed by atoms with E-state index < -0.39 is 11.4 Å². The summed E-state index contributed by atoms with van der Waals surface area (Å²) in [6, 6.07) is 15.4. The van der Waals surface area contributed by atoms with E-state index in [2.05, 4.69) is 13.8 Å².